The van der Waals surface area contributed by atoms with Crippen LogP contribution in [0.1, 0.15) is 60.3 Å². The number of hydrogen-bond donors (Lipinski definition) is 0. The van der Waals surface area contributed by atoms with Gasteiger partial charge in [0.2, 0.25) is 0 Å². The molecule has 0 N–H and O–H groups in total. The zero-order valence-electron chi connectivity index (χ0n) is 12.1. The first-order valence-corrected chi connectivity index (χ1v) is 6.72. The Kier molecular flexibility index (Phi) is 4.73. The minimum atomic E-state index is 0.139. The van der Waals surface area contributed by atoms with Gasteiger partial charge in [-0.05, 0) is 37.2 Å². The van der Waals surface area contributed by atoms with Crippen LogP contribution in [0.25, 0.3) is 0 Å². The fourth-order valence-corrected chi connectivity index (χ4v) is 2.31. The Bertz CT molecular complexity index is 331. The molecule has 0 heterocycles. The summed E-state index contributed by atoms with van der Waals surface area (Å²) in [6, 6.07) is 0. The molecule has 0 aromatic heterocycles. The maximum absolute atomic E-state index is 4.76. The summed E-state index contributed by atoms with van der Waals surface area (Å²) in [5.74, 6) is 0.852. The number of allylic oxidation sites excluding steroid dienone is 3. The van der Waals surface area contributed by atoms with Crippen molar-refractivity contribution in [1.82, 2.24) is 0 Å². The quantitative estimate of drug-likeness (QED) is 0.471. The summed E-state index contributed by atoms with van der Waals surface area (Å²) in [5, 5.41) is 0. The second kappa shape index (κ2) is 5.66. The molecule has 0 aromatic carbocycles. The van der Waals surface area contributed by atoms with Crippen LogP contribution in [0, 0.1) is 11.3 Å². The van der Waals surface area contributed by atoms with E-state index in [1.807, 2.05) is 6.08 Å². The molecule has 0 aromatic rings. The molecule has 0 amide bonds. The van der Waals surface area contributed by atoms with E-state index in [1.54, 1.807) is 0 Å². The van der Waals surface area contributed by atoms with E-state index in [1.165, 1.54) is 30.5 Å². The Labute approximate surface area is 107 Å². The molecule has 0 aliphatic heterocycles. The standard InChI is InChI=1S/C16H27N/c1-7-14(16(4,5)6)15(17-12(2)3)11-13-9-8-10-13/h7,13H,1,8-11H2,2-6H3/b15-14+. The van der Waals surface area contributed by atoms with E-state index >= 15 is 0 Å². The molecule has 0 bridgehead atoms. The Morgan fingerprint density at radius 3 is 2.18 bits per heavy atom. The molecule has 1 fully saturated rings. The number of rotatable bonds is 4. The molecule has 0 unspecified atom stereocenters. The molecule has 1 aliphatic rings. The van der Waals surface area contributed by atoms with Gasteiger partial charge in [-0.15, -0.1) is 0 Å². The topological polar surface area (TPSA) is 12.4 Å². The highest BCUT2D eigenvalue weighted by Crippen LogP contribution is 2.37. The van der Waals surface area contributed by atoms with Gasteiger partial charge in [-0.25, -0.2) is 0 Å². The van der Waals surface area contributed by atoms with E-state index in [-0.39, 0.29) is 5.41 Å². The molecule has 96 valence electrons. The van der Waals surface area contributed by atoms with E-state index in [0.717, 1.165) is 18.1 Å². The van der Waals surface area contributed by atoms with Crippen molar-refractivity contribution in [2.75, 3.05) is 0 Å². The summed E-state index contributed by atoms with van der Waals surface area (Å²) < 4.78 is 0. The van der Waals surface area contributed by atoms with Crippen molar-refractivity contribution in [3.63, 3.8) is 0 Å². The highest BCUT2D eigenvalue weighted by atomic mass is 14.8. The summed E-state index contributed by atoms with van der Waals surface area (Å²) in [6.07, 6.45) is 7.27. The zero-order valence-corrected chi connectivity index (χ0v) is 12.1. The minimum Gasteiger partial charge on any atom is -0.263 e. The average Bonchev–Trinajstić information content (AvgIpc) is 2.08. The first-order valence-electron chi connectivity index (χ1n) is 6.72. The minimum absolute atomic E-state index is 0.139. The lowest BCUT2D eigenvalue weighted by Crippen LogP contribution is -2.16. The Balaban J connectivity index is 3.03. The summed E-state index contributed by atoms with van der Waals surface area (Å²) in [7, 11) is 0. The van der Waals surface area contributed by atoms with Crippen LogP contribution in [0.2, 0.25) is 0 Å². The molecule has 0 radical (unpaired) electrons. The molecule has 0 spiro atoms. The van der Waals surface area contributed by atoms with Gasteiger partial charge < -0.3 is 0 Å². The number of nitrogens with zero attached hydrogens (tertiary/aromatic N) is 1. The third-order valence-corrected chi connectivity index (χ3v) is 3.39. The van der Waals surface area contributed by atoms with Crippen molar-refractivity contribution >= 4 is 5.71 Å². The monoisotopic (exact) mass is 233 g/mol. The van der Waals surface area contributed by atoms with E-state index in [4.69, 9.17) is 4.99 Å². The average molecular weight is 233 g/mol. The molecular weight excluding hydrogens is 206 g/mol. The van der Waals surface area contributed by atoms with E-state index in [2.05, 4.69) is 41.2 Å². The largest absolute Gasteiger partial charge is 0.263 e. The molecule has 0 saturated heterocycles. The van der Waals surface area contributed by atoms with Crippen LogP contribution in [0.3, 0.4) is 0 Å². The van der Waals surface area contributed by atoms with Crippen molar-refractivity contribution in [1.29, 1.82) is 0 Å². The lowest BCUT2D eigenvalue weighted by Gasteiger charge is -2.29. The van der Waals surface area contributed by atoms with Gasteiger partial charge in [0, 0.05) is 11.4 Å². The molecule has 1 heteroatoms. The SMILES string of the molecule is C=C/C(=C(/CC1CCC1)N=C(C)C)C(C)(C)C. The summed E-state index contributed by atoms with van der Waals surface area (Å²) in [5.41, 5.74) is 3.85. The normalized spacial score (nSPS) is 18.2. The van der Waals surface area contributed by atoms with Crippen LogP contribution in [-0.4, -0.2) is 5.71 Å². The Morgan fingerprint density at radius 2 is 1.88 bits per heavy atom. The number of aliphatic imine (C=N–C) groups is 1. The second-order valence-electron chi connectivity index (χ2n) is 6.37. The van der Waals surface area contributed by atoms with Gasteiger partial charge >= 0.3 is 0 Å². The van der Waals surface area contributed by atoms with Crippen molar-refractivity contribution in [3.8, 4) is 0 Å². The predicted molar refractivity (Wildman–Crippen MR) is 77.4 cm³/mol. The van der Waals surface area contributed by atoms with Gasteiger partial charge in [0.15, 0.2) is 0 Å². The Morgan fingerprint density at radius 1 is 1.29 bits per heavy atom. The van der Waals surface area contributed by atoms with Gasteiger partial charge in [0.1, 0.15) is 0 Å². The van der Waals surface area contributed by atoms with Gasteiger partial charge in [0.25, 0.3) is 0 Å². The van der Waals surface area contributed by atoms with Crippen molar-refractivity contribution < 1.29 is 0 Å². The molecule has 1 saturated carbocycles. The number of hydrogen-bond acceptors (Lipinski definition) is 1. The fraction of sp³-hybridized carbons (Fsp3) is 0.688. The Hall–Kier alpha value is -0.850. The van der Waals surface area contributed by atoms with Crippen molar-refractivity contribution in [3.05, 3.63) is 23.9 Å². The molecule has 1 aliphatic carbocycles. The first kappa shape index (κ1) is 14.2. The molecule has 1 nitrogen and oxygen atoms in total. The van der Waals surface area contributed by atoms with Crippen molar-refractivity contribution in [2.24, 2.45) is 16.3 Å². The van der Waals surface area contributed by atoms with Crippen LogP contribution >= 0.6 is 0 Å². The van der Waals surface area contributed by atoms with E-state index in [9.17, 15) is 0 Å². The van der Waals surface area contributed by atoms with Crippen LogP contribution in [0.5, 0.6) is 0 Å². The second-order valence-corrected chi connectivity index (χ2v) is 6.37. The molecule has 1 rings (SSSR count). The van der Waals surface area contributed by atoms with Gasteiger partial charge in [0.05, 0.1) is 0 Å². The third-order valence-electron chi connectivity index (χ3n) is 3.39. The summed E-state index contributed by atoms with van der Waals surface area (Å²) in [6.45, 7) is 14.9. The molecule has 0 atom stereocenters. The van der Waals surface area contributed by atoms with Gasteiger partial charge in [-0.3, -0.25) is 4.99 Å². The van der Waals surface area contributed by atoms with Gasteiger partial charge in [-0.2, -0.15) is 0 Å². The first-order chi connectivity index (χ1) is 7.84. The maximum Gasteiger partial charge on any atom is 0.0442 e. The maximum atomic E-state index is 4.76. The van der Waals surface area contributed by atoms with Crippen LogP contribution in [0.4, 0.5) is 0 Å². The smallest absolute Gasteiger partial charge is 0.0442 e. The van der Waals surface area contributed by atoms with E-state index in [0.29, 0.717) is 0 Å². The third kappa shape index (κ3) is 4.14. The fourth-order valence-electron chi connectivity index (χ4n) is 2.31. The van der Waals surface area contributed by atoms with Crippen molar-refractivity contribution in [2.45, 2.75) is 60.3 Å². The molecule has 17 heavy (non-hydrogen) atoms. The highest BCUT2D eigenvalue weighted by molar-refractivity contribution is 5.80. The van der Waals surface area contributed by atoms with Crippen LogP contribution < -0.4 is 0 Å². The molecular formula is C16H27N. The lowest BCUT2D eigenvalue weighted by molar-refractivity contribution is 0.310. The van der Waals surface area contributed by atoms with Crippen LogP contribution in [-0.2, 0) is 0 Å². The van der Waals surface area contributed by atoms with Crippen LogP contribution in [0.15, 0.2) is 28.9 Å². The van der Waals surface area contributed by atoms with Gasteiger partial charge in [-0.1, -0.05) is 52.7 Å². The lowest BCUT2D eigenvalue weighted by atomic mass is 9.78. The predicted octanol–water partition coefficient (Wildman–Crippen LogP) is 5.14. The highest BCUT2D eigenvalue weighted by Gasteiger charge is 2.24. The zero-order chi connectivity index (χ0) is 13.1. The summed E-state index contributed by atoms with van der Waals surface area (Å²) in [4.78, 5) is 4.76. The summed E-state index contributed by atoms with van der Waals surface area (Å²) >= 11 is 0. The van der Waals surface area contributed by atoms with E-state index < -0.39 is 0 Å².